The maximum absolute atomic E-state index is 13.5. The third-order valence-corrected chi connectivity index (χ3v) is 9.82. The van der Waals surface area contributed by atoms with Crippen LogP contribution in [0.15, 0.2) is 64.3 Å². The standard InChI is InChI=1S/C34H40N8O5S2/c1-22(2)17-24-32-40-27(21-49-32)31(46)38-25(18-23-9-4-3-5-10-23)33-39-26(20-48-33)30(45)35-12-7-15-41(14-6-11-28(43)37-24)29(44)19-42-16-8-13-36-34(42)47/h3-5,8-10,13,16,20-22,24-25H,6-7,11-12,14-15,17-19H2,1-2H3,(H,35,45)(H,37,43)(H,38,46)/t24-,25-/m0/s1. The van der Waals surface area contributed by atoms with Crippen LogP contribution in [-0.4, -0.2) is 67.7 Å². The van der Waals surface area contributed by atoms with Gasteiger partial charge in [0, 0.05) is 49.2 Å². The number of benzene rings is 1. The molecule has 2 atom stereocenters. The van der Waals surface area contributed by atoms with Crippen LogP contribution >= 0.6 is 22.7 Å². The minimum absolute atomic E-state index is 0.160. The SMILES string of the molecule is CC(C)C[C@@H]1NC(=O)CCCN(C(=O)Cn2cccnc2=O)CCCNC(=O)c2csc(n2)[C@H](Cc2ccccc2)NC(=O)c2csc1n2. The van der Waals surface area contributed by atoms with Crippen LogP contribution in [0.5, 0.6) is 0 Å². The van der Waals surface area contributed by atoms with Crippen molar-refractivity contribution in [3.05, 3.63) is 97.0 Å². The minimum Gasteiger partial charge on any atom is -0.351 e. The summed E-state index contributed by atoms with van der Waals surface area (Å²) in [4.78, 5) is 79.8. The van der Waals surface area contributed by atoms with E-state index in [9.17, 15) is 24.0 Å². The predicted octanol–water partition coefficient (Wildman–Crippen LogP) is 3.52. The number of carbonyl (C=O) groups excluding carboxylic acids is 4. The van der Waals surface area contributed by atoms with E-state index in [4.69, 9.17) is 0 Å². The van der Waals surface area contributed by atoms with Crippen molar-refractivity contribution in [3.63, 3.8) is 0 Å². The average molecular weight is 705 g/mol. The number of nitrogens with zero attached hydrogens (tertiary/aromatic N) is 5. The van der Waals surface area contributed by atoms with E-state index in [0.29, 0.717) is 42.2 Å². The van der Waals surface area contributed by atoms with Gasteiger partial charge in [-0.2, -0.15) is 0 Å². The molecule has 1 aliphatic heterocycles. The maximum atomic E-state index is 13.5. The molecule has 4 amide bonds. The van der Waals surface area contributed by atoms with Gasteiger partial charge < -0.3 is 20.9 Å². The van der Waals surface area contributed by atoms with Crippen molar-refractivity contribution in [2.24, 2.45) is 5.92 Å². The number of amides is 4. The molecule has 49 heavy (non-hydrogen) atoms. The molecule has 4 bridgehead atoms. The molecule has 0 aliphatic carbocycles. The number of thiazole rings is 2. The number of nitrogens with one attached hydrogen (secondary N) is 3. The Morgan fingerprint density at radius 2 is 1.59 bits per heavy atom. The van der Waals surface area contributed by atoms with Gasteiger partial charge in [-0.15, -0.1) is 22.7 Å². The molecule has 3 aromatic heterocycles. The third kappa shape index (κ3) is 10.1. The van der Waals surface area contributed by atoms with E-state index in [0.717, 1.165) is 5.56 Å². The molecule has 0 spiro atoms. The summed E-state index contributed by atoms with van der Waals surface area (Å²) >= 11 is 2.60. The molecule has 15 heteroatoms. The van der Waals surface area contributed by atoms with E-state index in [-0.39, 0.29) is 73.0 Å². The number of rotatable bonds is 6. The van der Waals surface area contributed by atoms with Crippen LogP contribution < -0.4 is 21.6 Å². The summed E-state index contributed by atoms with van der Waals surface area (Å²) < 4.78 is 1.24. The van der Waals surface area contributed by atoms with Crippen molar-refractivity contribution in [1.82, 2.24) is 40.4 Å². The quantitative estimate of drug-likeness (QED) is 0.274. The first-order valence-corrected chi connectivity index (χ1v) is 18.0. The first kappa shape index (κ1) is 35.5. The van der Waals surface area contributed by atoms with Crippen LogP contribution in [0, 0.1) is 5.92 Å². The zero-order chi connectivity index (χ0) is 34.8. The Balaban J connectivity index is 1.39. The van der Waals surface area contributed by atoms with Gasteiger partial charge in [0.25, 0.3) is 11.8 Å². The van der Waals surface area contributed by atoms with E-state index in [1.807, 2.05) is 30.3 Å². The second-order valence-electron chi connectivity index (χ2n) is 12.2. The van der Waals surface area contributed by atoms with Crippen LogP contribution in [0.3, 0.4) is 0 Å². The molecule has 0 saturated heterocycles. The number of fused-ring (bicyclic) bond motifs is 4. The molecule has 3 N–H and O–H groups in total. The molecule has 13 nitrogen and oxygen atoms in total. The normalized spacial score (nSPS) is 18.3. The van der Waals surface area contributed by atoms with Gasteiger partial charge in [-0.1, -0.05) is 44.2 Å². The second kappa shape index (κ2) is 17.1. The molecule has 258 valence electrons. The van der Waals surface area contributed by atoms with E-state index < -0.39 is 11.7 Å². The largest absolute Gasteiger partial charge is 0.351 e. The van der Waals surface area contributed by atoms with Gasteiger partial charge in [-0.25, -0.2) is 19.7 Å². The Morgan fingerprint density at radius 1 is 0.898 bits per heavy atom. The Bertz CT molecular complexity index is 1800. The zero-order valence-corrected chi connectivity index (χ0v) is 29.1. The fourth-order valence-corrected chi connectivity index (χ4v) is 7.16. The molecule has 0 fully saturated rings. The van der Waals surface area contributed by atoms with Gasteiger partial charge in [-0.05, 0) is 43.2 Å². The van der Waals surface area contributed by atoms with Gasteiger partial charge in [0.05, 0.1) is 12.1 Å². The molecule has 4 aromatic rings. The molecule has 0 saturated carbocycles. The second-order valence-corrected chi connectivity index (χ2v) is 14.0. The molecular formula is C34H40N8O5S2. The van der Waals surface area contributed by atoms with Gasteiger partial charge >= 0.3 is 5.69 Å². The average Bonchev–Trinajstić information content (AvgIpc) is 3.77. The first-order valence-electron chi connectivity index (χ1n) is 16.3. The van der Waals surface area contributed by atoms with Crippen LogP contribution in [0.1, 0.15) is 88.2 Å². The lowest BCUT2D eigenvalue weighted by atomic mass is 10.0. The summed E-state index contributed by atoms with van der Waals surface area (Å²) in [5, 5.41) is 13.6. The highest BCUT2D eigenvalue weighted by Crippen LogP contribution is 2.27. The lowest BCUT2D eigenvalue weighted by Gasteiger charge is -2.23. The summed E-state index contributed by atoms with van der Waals surface area (Å²) in [5.74, 6) is -0.976. The van der Waals surface area contributed by atoms with Crippen molar-refractivity contribution in [3.8, 4) is 0 Å². The number of aromatic nitrogens is 4. The maximum Gasteiger partial charge on any atom is 0.347 e. The Hall–Kier alpha value is -4.76. The number of hydrogen-bond acceptors (Lipinski definition) is 10. The fourth-order valence-electron chi connectivity index (χ4n) is 5.45. The van der Waals surface area contributed by atoms with Crippen molar-refractivity contribution < 1.29 is 19.2 Å². The van der Waals surface area contributed by atoms with Crippen molar-refractivity contribution in [2.45, 2.75) is 64.6 Å². The van der Waals surface area contributed by atoms with Crippen molar-refractivity contribution >= 4 is 46.3 Å². The highest BCUT2D eigenvalue weighted by atomic mass is 32.1. The van der Waals surface area contributed by atoms with Gasteiger partial charge in [0.2, 0.25) is 11.8 Å². The lowest BCUT2D eigenvalue weighted by molar-refractivity contribution is -0.132. The van der Waals surface area contributed by atoms with Gasteiger partial charge in [-0.3, -0.25) is 23.7 Å². The van der Waals surface area contributed by atoms with E-state index >= 15 is 0 Å². The third-order valence-electron chi connectivity index (χ3n) is 7.90. The zero-order valence-electron chi connectivity index (χ0n) is 27.5. The molecule has 5 rings (SSSR count). The molecule has 4 heterocycles. The first-order chi connectivity index (χ1) is 23.7. The topological polar surface area (TPSA) is 168 Å². The number of hydrogen-bond donors (Lipinski definition) is 3. The molecular weight excluding hydrogens is 665 g/mol. The van der Waals surface area contributed by atoms with Crippen LogP contribution in [0.2, 0.25) is 0 Å². The van der Waals surface area contributed by atoms with E-state index in [1.165, 1.54) is 39.6 Å². The summed E-state index contributed by atoms with van der Waals surface area (Å²) in [6.07, 6.45) is 4.95. The molecule has 1 aliphatic rings. The fraction of sp³-hybridized carbons (Fsp3) is 0.412. The van der Waals surface area contributed by atoms with Gasteiger partial charge in [0.15, 0.2) is 0 Å². The minimum atomic E-state index is -0.529. The predicted molar refractivity (Wildman–Crippen MR) is 186 cm³/mol. The van der Waals surface area contributed by atoms with E-state index in [2.05, 4.69) is 44.7 Å². The van der Waals surface area contributed by atoms with Crippen LogP contribution in [0.25, 0.3) is 0 Å². The summed E-state index contributed by atoms with van der Waals surface area (Å²) in [7, 11) is 0. The summed E-state index contributed by atoms with van der Waals surface area (Å²) in [5.41, 5.74) is 0.937. The monoisotopic (exact) mass is 704 g/mol. The van der Waals surface area contributed by atoms with Gasteiger partial charge in [0.1, 0.15) is 27.9 Å². The summed E-state index contributed by atoms with van der Waals surface area (Å²) in [6, 6.07) is 10.4. The van der Waals surface area contributed by atoms with Crippen molar-refractivity contribution in [2.75, 3.05) is 19.6 Å². The van der Waals surface area contributed by atoms with Crippen LogP contribution in [0.4, 0.5) is 0 Å². The smallest absolute Gasteiger partial charge is 0.347 e. The lowest BCUT2D eigenvalue weighted by Crippen LogP contribution is -2.39. The van der Waals surface area contributed by atoms with Crippen LogP contribution in [-0.2, 0) is 22.6 Å². The number of carbonyl (C=O) groups is 4. The highest BCUT2D eigenvalue weighted by Gasteiger charge is 2.26. The van der Waals surface area contributed by atoms with Crippen molar-refractivity contribution in [1.29, 1.82) is 0 Å². The summed E-state index contributed by atoms with van der Waals surface area (Å²) in [6.45, 7) is 4.79. The Kier molecular flexibility index (Phi) is 12.4. The van der Waals surface area contributed by atoms with E-state index in [1.54, 1.807) is 21.7 Å². The Labute approximate surface area is 292 Å². The molecule has 0 unspecified atom stereocenters. The molecule has 1 aromatic carbocycles. The highest BCUT2D eigenvalue weighted by molar-refractivity contribution is 7.10. The molecule has 0 radical (unpaired) electrons. The Morgan fingerprint density at radius 3 is 2.31 bits per heavy atom.